The Morgan fingerprint density at radius 2 is 1.93 bits per heavy atom. The van der Waals surface area contributed by atoms with E-state index in [0.717, 1.165) is 47.5 Å². The van der Waals surface area contributed by atoms with Gasteiger partial charge in [-0.3, -0.25) is 4.79 Å². The third kappa shape index (κ3) is 4.19. The van der Waals surface area contributed by atoms with Crippen molar-refractivity contribution in [2.24, 2.45) is 5.73 Å². The summed E-state index contributed by atoms with van der Waals surface area (Å²) >= 11 is 0. The summed E-state index contributed by atoms with van der Waals surface area (Å²) in [6.45, 7) is 4.56. The van der Waals surface area contributed by atoms with Gasteiger partial charge in [-0.1, -0.05) is 43.7 Å². The average molecular weight is 394 g/mol. The molecule has 0 saturated carbocycles. The Morgan fingerprint density at radius 3 is 2.59 bits per heavy atom. The summed E-state index contributed by atoms with van der Waals surface area (Å²) in [5.41, 5.74) is 10.4. The molecular weight excluding hydrogens is 367 g/mol. The van der Waals surface area contributed by atoms with E-state index in [-0.39, 0.29) is 5.82 Å². The Kier molecular flexibility index (Phi) is 6.37. The number of para-hydroxylation sites is 1. The molecule has 0 aliphatic heterocycles. The van der Waals surface area contributed by atoms with Gasteiger partial charge in [0.2, 0.25) is 0 Å². The summed E-state index contributed by atoms with van der Waals surface area (Å²) in [7, 11) is 1.65. The second kappa shape index (κ2) is 8.95. The fraction of sp³-hybridized carbons (Fsp3) is 0.292. The van der Waals surface area contributed by atoms with Crippen LogP contribution in [0.3, 0.4) is 0 Å². The second-order valence-corrected chi connectivity index (χ2v) is 7.16. The summed E-state index contributed by atoms with van der Waals surface area (Å²) in [6, 6.07) is 14.2. The van der Waals surface area contributed by atoms with Gasteiger partial charge in [0.05, 0.1) is 19.2 Å². The summed E-state index contributed by atoms with van der Waals surface area (Å²) < 4.78 is 21.6. The number of hydrogen-bond donors (Lipinski definition) is 1. The highest BCUT2D eigenvalue weighted by molar-refractivity contribution is 6.02. The molecule has 0 spiro atoms. The normalized spacial score (nSPS) is 10.9. The molecule has 0 saturated heterocycles. The molecule has 2 N–H and O–H groups in total. The van der Waals surface area contributed by atoms with Crippen molar-refractivity contribution in [1.29, 1.82) is 0 Å². The maximum Gasteiger partial charge on any atom is 0.251 e. The minimum Gasteiger partial charge on any atom is -0.496 e. The Hall–Kier alpha value is -3.08. The van der Waals surface area contributed by atoms with Crippen LogP contribution < -0.4 is 10.5 Å². The van der Waals surface area contributed by atoms with Gasteiger partial charge >= 0.3 is 0 Å². The first-order valence-corrected chi connectivity index (χ1v) is 9.87. The topological polar surface area (TPSA) is 57.2 Å². The number of amides is 1. The van der Waals surface area contributed by atoms with Crippen LogP contribution in [-0.4, -0.2) is 17.6 Å². The van der Waals surface area contributed by atoms with Crippen molar-refractivity contribution in [2.75, 3.05) is 7.11 Å². The van der Waals surface area contributed by atoms with Crippen molar-refractivity contribution in [1.82, 2.24) is 4.57 Å². The first-order chi connectivity index (χ1) is 14.0. The van der Waals surface area contributed by atoms with E-state index in [1.807, 2.05) is 37.3 Å². The van der Waals surface area contributed by atoms with E-state index in [9.17, 15) is 9.18 Å². The lowest BCUT2D eigenvalue weighted by molar-refractivity contribution is 0.1000. The molecule has 5 heteroatoms. The molecule has 0 radical (unpaired) electrons. The van der Waals surface area contributed by atoms with Gasteiger partial charge < -0.3 is 15.0 Å². The zero-order valence-electron chi connectivity index (χ0n) is 17.2. The number of ether oxygens (including phenoxy) is 1. The van der Waals surface area contributed by atoms with Gasteiger partial charge in [0.1, 0.15) is 11.6 Å². The molecule has 1 heterocycles. The van der Waals surface area contributed by atoms with E-state index in [2.05, 4.69) is 11.5 Å². The van der Waals surface area contributed by atoms with Crippen molar-refractivity contribution in [3.05, 3.63) is 76.9 Å². The van der Waals surface area contributed by atoms with E-state index in [1.54, 1.807) is 13.2 Å². The summed E-state index contributed by atoms with van der Waals surface area (Å²) in [5, 5.41) is 0. The number of nitrogens with zero attached hydrogens (tertiary/aromatic N) is 1. The van der Waals surface area contributed by atoms with E-state index in [1.165, 1.54) is 12.1 Å². The largest absolute Gasteiger partial charge is 0.496 e. The number of benzene rings is 2. The van der Waals surface area contributed by atoms with Crippen molar-refractivity contribution < 1.29 is 13.9 Å². The quantitative estimate of drug-likeness (QED) is 0.578. The van der Waals surface area contributed by atoms with E-state index < -0.39 is 5.91 Å². The third-order valence-electron chi connectivity index (χ3n) is 5.28. The van der Waals surface area contributed by atoms with Crippen LogP contribution in [0.5, 0.6) is 5.75 Å². The van der Waals surface area contributed by atoms with Crippen LogP contribution in [0.15, 0.2) is 48.5 Å². The molecule has 152 valence electrons. The summed E-state index contributed by atoms with van der Waals surface area (Å²) in [5.74, 6) is -0.0530. The maximum atomic E-state index is 14.0. The second-order valence-electron chi connectivity index (χ2n) is 7.16. The van der Waals surface area contributed by atoms with Crippen LogP contribution in [0.2, 0.25) is 0 Å². The van der Waals surface area contributed by atoms with Crippen LogP contribution in [0, 0.1) is 12.7 Å². The standard InChI is InChI=1S/C24H27FN2O2/c1-4-5-12-20-23(17-10-8-11-19(25)14-17)22(24(26)28)16(2)27(20)15-18-9-6-7-13-21(18)29-3/h6-11,13-14H,4-5,12,15H2,1-3H3,(H2,26,28). The lowest BCUT2D eigenvalue weighted by Gasteiger charge is -2.15. The number of unbranched alkanes of at least 4 members (excludes halogenated alkanes) is 1. The van der Waals surface area contributed by atoms with E-state index in [0.29, 0.717) is 17.7 Å². The zero-order valence-corrected chi connectivity index (χ0v) is 17.2. The predicted octanol–water partition coefficient (Wildman–Crippen LogP) is 5.10. The van der Waals surface area contributed by atoms with Gasteiger partial charge in [0.25, 0.3) is 5.91 Å². The fourth-order valence-electron chi connectivity index (χ4n) is 3.88. The van der Waals surface area contributed by atoms with Gasteiger partial charge in [0.15, 0.2) is 0 Å². The van der Waals surface area contributed by atoms with Crippen molar-refractivity contribution in [3.8, 4) is 16.9 Å². The molecule has 2 aromatic carbocycles. The van der Waals surface area contributed by atoms with Crippen molar-refractivity contribution in [3.63, 3.8) is 0 Å². The Bertz CT molecular complexity index is 1020. The highest BCUT2D eigenvalue weighted by Crippen LogP contribution is 2.35. The molecule has 3 rings (SSSR count). The molecule has 4 nitrogen and oxygen atoms in total. The Balaban J connectivity index is 2.24. The predicted molar refractivity (Wildman–Crippen MR) is 114 cm³/mol. The highest BCUT2D eigenvalue weighted by atomic mass is 19.1. The maximum absolute atomic E-state index is 14.0. The van der Waals surface area contributed by atoms with Gasteiger partial charge in [-0.15, -0.1) is 0 Å². The number of carbonyl (C=O) groups excluding carboxylic acids is 1. The number of aromatic nitrogens is 1. The van der Waals surface area contributed by atoms with Crippen LogP contribution in [0.25, 0.3) is 11.1 Å². The van der Waals surface area contributed by atoms with Crippen LogP contribution >= 0.6 is 0 Å². The molecular formula is C24H27FN2O2. The molecule has 0 aliphatic rings. The van der Waals surface area contributed by atoms with Gasteiger partial charge in [-0.05, 0) is 43.5 Å². The van der Waals surface area contributed by atoms with E-state index >= 15 is 0 Å². The number of carbonyl (C=O) groups is 1. The number of rotatable bonds is 8. The lowest BCUT2D eigenvalue weighted by Crippen LogP contribution is -2.14. The number of primary amides is 1. The number of hydrogen-bond acceptors (Lipinski definition) is 2. The summed E-state index contributed by atoms with van der Waals surface area (Å²) in [4.78, 5) is 12.4. The molecule has 1 aromatic heterocycles. The zero-order chi connectivity index (χ0) is 21.0. The minimum atomic E-state index is -0.502. The lowest BCUT2D eigenvalue weighted by atomic mass is 9.97. The SMILES string of the molecule is CCCCc1c(-c2cccc(F)c2)c(C(N)=O)c(C)n1Cc1ccccc1OC. The molecule has 0 aliphatic carbocycles. The van der Waals surface area contributed by atoms with Gasteiger partial charge in [-0.2, -0.15) is 0 Å². The van der Waals surface area contributed by atoms with Crippen LogP contribution in [0.1, 0.15) is 47.1 Å². The molecule has 0 unspecified atom stereocenters. The smallest absolute Gasteiger partial charge is 0.251 e. The Labute approximate surface area is 171 Å². The molecule has 0 fully saturated rings. The molecule has 1 amide bonds. The first-order valence-electron chi connectivity index (χ1n) is 9.87. The molecule has 29 heavy (non-hydrogen) atoms. The Morgan fingerprint density at radius 1 is 1.17 bits per heavy atom. The molecule has 0 atom stereocenters. The van der Waals surface area contributed by atoms with Gasteiger partial charge in [0, 0.05) is 22.5 Å². The van der Waals surface area contributed by atoms with Crippen molar-refractivity contribution >= 4 is 5.91 Å². The van der Waals surface area contributed by atoms with E-state index in [4.69, 9.17) is 10.5 Å². The molecule has 3 aromatic rings. The number of nitrogens with two attached hydrogens (primary N) is 1. The van der Waals surface area contributed by atoms with Gasteiger partial charge in [-0.25, -0.2) is 4.39 Å². The number of methoxy groups -OCH3 is 1. The highest BCUT2D eigenvalue weighted by Gasteiger charge is 2.25. The molecule has 0 bridgehead atoms. The van der Waals surface area contributed by atoms with Crippen LogP contribution in [-0.2, 0) is 13.0 Å². The number of halogens is 1. The summed E-state index contributed by atoms with van der Waals surface area (Å²) in [6.07, 6.45) is 2.73. The third-order valence-corrected chi connectivity index (χ3v) is 5.28. The average Bonchev–Trinajstić information content (AvgIpc) is 2.98. The first kappa shape index (κ1) is 20.6. The fourth-order valence-corrected chi connectivity index (χ4v) is 3.88. The minimum absolute atomic E-state index is 0.338. The monoisotopic (exact) mass is 394 g/mol. The van der Waals surface area contributed by atoms with Crippen LogP contribution in [0.4, 0.5) is 4.39 Å². The van der Waals surface area contributed by atoms with Crippen molar-refractivity contribution in [2.45, 2.75) is 39.7 Å².